The van der Waals surface area contributed by atoms with Crippen molar-refractivity contribution in [2.75, 3.05) is 34.4 Å². The second-order valence-electron chi connectivity index (χ2n) is 8.18. The van der Waals surface area contributed by atoms with Crippen LogP contribution in [0.15, 0.2) is 36.4 Å². The molecular weight excluding hydrogens is 424 g/mol. The third-order valence-corrected chi connectivity index (χ3v) is 5.06. The molecule has 0 saturated carbocycles. The topological polar surface area (TPSA) is 126 Å². The van der Waals surface area contributed by atoms with Crippen LogP contribution in [0.2, 0.25) is 0 Å². The van der Waals surface area contributed by atoms with Crippen LogP contribution in [0.4, 0.5) is 0 Å². The van der Waals surface area contributed by atoms with Gasteiger partial charge in [0.2, 0.25) is 0 Å². The number of nitrogens with zero attached hydrogens (tertiary/aromatic N) is 5. The Kier molecular flexibility index (Phi) is 7.96. The van der Waals surface area contributed by atoms with E-state index in [1.807, 2.05) is 25.9 Å². The van der Waals surface area contributed by atoms with Gasteiger partial charge < -0.3 is 25.2 Å². The Balaban J connectivity index is 1.91. The summed E-state index contributed by atoms with van der Waals surface area (Å²) in [5.74, 6) is -0.0957. The second kappa shape index (κ2) is 10.9. The Morgan fingerprint density at radius 3 is 2.67 bits per heavy atom. The molecule has 2 aromatic carbocycles. The van der Waals surface area contributed by atoms with E-state index in [1.165, 1.54) is 6.07 Å². The highest BCUT2D eigenvalue weighted by molar-refractivity contribution is 5.96. The predicted molar refractivity (Wildman–Crippen MR) is 124 cm³/mol. The van der Waals surface area contributed by atoms with Gasteiger partial charge in [0.25, 0.3) is 5.91 Å². The highest BCUT2D eigenvalue weighted by atomic mass is 16.5. The van der Waals surface area contributed by atoms with Gasteiger partial charge in [-0.05, 0) is 61.6 Å². The fourth-order valence-corrected chi connectivity index (χ4v) is 3.62. The quantitative estimate of drug-likeness (QED) is 0.398. The fourth-order valence-electron chi connectivity index (χ4n) is 3.62. The third kappa shape index (κ3) is 6.05. The lowest BCUT2D eigenvalue weighted by atomic mass is 9.98. The highest BCUT2D eigenvalue weighted by Gasteiger charge is 2.18. The number of aromatic hydroxyl groups is 2. The molecule has 1 heterocycles. The Morgan fingerprint density at radius 1 is 1.18 bits per heavy atom. The molecule has 176 valence electrons. The number of carbonyl (C=O) groups is 1. The van der Waals surface area contributed by atoms with Gasteiger partial charge in [-0.1, -0.05) is 12.1 Å². The number of aromatic nitrogens is 4. The highest BCUT2D eigenvalue weighted by Crippen LogP contribution is 2.39. The van der Waals surface area contributed by atoms with E-state index < -0.39 is 0 Å². The SMILES string of the molecule is COCCCn1nnnc1-c1cc(-c2cccc(C(=O)NC(C)CN(C)C)c2)c(O)cc1O. The zero-order valence-electron chi connectivity index (χ0n) is 19.3. The molecule has 3 rings (SSSR count). The molecule has 0 radical (unpaired) electrons. The molecule has 0 aliphatic carbocycles. The van der Waals surface area contributed by atoms with Crippen LogP contribution < -0.4 is 5.32 Å². The minimum atomic E-state index is -0.202. The number of nitrogens with one attached hydrogen (secondary N) is 1. The molecule has 0 spiro atoms. The van der Waals surface area contributed by atoms with Crippen molar-refractivity contribution >= 4 is 5.91 Å². The predicted octanol–water partition coefficient (Wildman–Crippen LogP) is 2.13. The lowest BCUT2D eigenvalue weighted by Crippen LogP contribution is -2.39. The molecule has 1 amide bonds. The van der Waals surface area contributed by atoms with E-state index in [2.05, 4.69) is 20.8 Å². The van der Waals surface area contributed by atoms with Gasteiger partial charge in [0, 0.05) is 50.0 Å². The van der Waals surface area contributed by atoms with Gasteiger partial charge in [0.1, 0.15) is 11.5 Å². The second-order valence-corrected chi connectivity index (χ2v) is 8.18. The van der Waals surface area contributed by atoms with Crippen molar-refractivity contribution in [3.05, 3.63) is 42.0 Å². The van der Waals surface area contributed by atoms with Crippen molar-refractivity contribution in [3.8, 4) is 34.0 Å². The van der Waals surface area contributed by atoms with E-state index in [0.29, 0.717) is 54.2 Å². The number of phenols is 2. The van der Waals surface area contributed by atoms with E-state index in [4.69, 9.17) is 4.74 Å². The van der Waals surface area contributed by atoms with Crippen LogP contribution in [-0.2, 0) is 11.3 Å². The lowest BCUT2D eigenvalue weighted by Gasteiger charge is -2.18. The fraction of sp³-hybridized carbons (Fsp3) is 0.391. The number of phenolic OH excluding ortho intramolecular Hbond substituents is 2. The molecule has 0 saturated heterocycles. The molecule has 10 heteroatoms. The van der Waals surface area contributed by atoms with Crippen molar-refractivity contribution in [1.29, 1.82) is 0 Å². The van der Waals surface area contributed by atoms with Crippen molar-refractivity contribution in [3.63, 3.8) is 0 Å². The van der Waals surface area contributed by atoms with E-state index in [-0.39, 0.29) is 23.4 Å². The number of ether oxygens (including phenoxy) is 1. The van der Waals surface area contributed by atoms with E-state index in [1.54, 1.807) is 42.1 Å². The Labute approximate surface area is 192 Å². The largest absolute Gasteiger partial charge is 0.507 e. The van der Waals surface area contributed by atoms with Gasteiger partial charge in [-0.2, -0.15) is 0 Å². The normalized spacial score (nSPS) is 12.2. The molecular formula is C23H30N6O4. The average molecular weight is 455 g/mol. The number of tetrazole rings is 1. The Bertz CT molecular complexity index is 1100. The molecule has 10 nitrogen and oxygen atoms in total. The van der Waals surface area contributed by atoms with Crippen LogP contribution >= 0.6 is 0 Å². The number of amides is 1. The van der Waals surface area contributed by atoms with Gasteiger partial charge in [-0.25, -0.2) is 4.68 Å². The van der Waals surface area contributed by atoms with Crippen LogP contribution in [0.3, 0.4) is 0 Å². The summed E-state index contributed by atoms with van der Waals surface area (Å²) in [7, 11) is 5.51. The first-order chi connectivity index (χ1) is 15.8. The minimum Gasteiger partial charge on any atom is -0.507 e. The van der Waals surface area contributed by atoms with E-state index >= 15 is 0 Å². The number of hydrogen-bond donors (Lipinski definition) is 3. The Morgan fingerprint density at radius 2 is 1.94 bits per heavy atom. The minimum absolute atomic E-state index is 0.0261. The van der Waals surface area contributed by atoms with Gasteiger partial charge in [-0.15, -0.1) is 5.10 Å². The average Bonchev–Trinajstić information content (AvgIpc) is 3.21. The van der Waals surface area contributed by atoms with Crippen LogP contribution in [-0.4, -0.2) is 81.6 Å². The number of rotatable bonds is 10. The summed E-state index contributed by atoms with van der Waals surface area (Å²) in [5.41, 5.74) is 1.92. The Hall–Kier alpha value is -3.50. The van der Waals surface area contributed by atoms with Crippen LogP contribution in [0, 0.1) is 0 Å². The summed E-state index contributed by atoms with van der Waals surface area (Å²) in [6.07, 6.45) is 0.698. The van der Waals surface area contributed by atoms with Crippen LogP contribution in [0.25, 0.3) is 22.5 Å². The first-order valence-corrected chi connectivity index (χ1v) is 10.7. The molecule has 0 aliphatic rings. The zero-order valence-corrected chi connectivity index (χ0v) is 19.3. The number of benzene rings is 2. The molecule has 33 heavy (non-hydrogen) atoms. The molecule has 1 unspecified atom stereocenters. The number of likely N-dealkylation sites (N-methyl/N-ethyl adjacent to an activating group) is 1. The summed E-state index contributed by atoms with van der Waals surface area (Å²) in [4.78, 5) is 14.7. The lowest BCUT2D eigenvalue weighted by molar-refractivity contribution is 0.0934. The number of hydrogen-bond acceptors (Lipinski definition) is 8. The molecule has 0 fully saturated rings. The molecule has 3 N–H and O–H groups in total. The van der Waals surface area contributed by atoms with Gasteiger partial charge in [0.15, 0.2) is 5.82 Å². The van der Waals surface area contributed by atoms with Gasteiger partial charge in [-0.3, -0.25) is 4.79 Å². The van der Waals surface area contributed by atoms with Crippen molar-refractivity contribution in [1.82, 2.24) is 30.4 Å². The van der Waals surface area contributed by atoms with E-state index in [9.17, 15) is 15.0 Å². The zero-order chi connectivity index (χ0) is 24.0. The van der Waals surface area contributed by atoms with E-state index in [0.717, 1.165) is 0 Å². The maximum atomic E-state index is 12.7. The molecule has 0 bridgehead atoms. The summed E-state index contributed by atoms with van der Waals surface area (Å²) >= 11 is 0. The maximum Gasteiger partial charge on any atom is 0.251 e. The molecule has 1 atom stereocenters. The smallest absolute Gasteiger partial charge is 0.251 e. The standard InChI is InChI=1S/C23H30N6O4/c1-15(14-28(2)3)24-23(32)17-8-5-7-16(11-17)18-12-19(21(31)13-20(18)30)22-25-26-27-29(22)9-6-10-33-4/h5,7-8,11-13,15,30-31H,6,9-10,14H2,1-4H3,(H,24,32). The van der Waals surface area contributed by atoms with Crippen LogP contribution in [0.1, 0.15) is 23.7 Å². The number of methoxy groups -OCH3 is 1. The first-order valence-electron chi connectivity index (χ1n) is 10.7. The number of carbonyl (C=O) groups excluding carboxylic acids is 1. The van der Waals surface area contributed by atoms with Crippen molar-refractivity contribution < 1.29 is 19.7 Å². The summed E-state index contributed by atoms with van der Waals surface area (Å²) < 4.78 is 6.65. The molecule has 0 aliphatic heterocycles. The summed E-state index contributed by atoms with van der Waals surface area (Å²) in [6, 6.07) is 9.81. The van der Waals surface area contributed by atoms with Gasteiger partial charge in [0.05, 0.1) is 5.56 Å². The first kappa shape index (κ1) is 24.1. The monoisotopic (exact) mass is 454 g/mol. The summed E-state index contributed by atoms with van der Waals surface area (Å²) in [6.45, 7) is 3.71. The summed E-state index contributed by atoms with van der Waals surface area (Å²) in [5, 5.41) is 35.7. The van der Waals surface area contributed by atoms with Crippen molar-refractivity contribution in [2.24, 2.45) is 0 Å². The molecule has 3 aromatic rings. The maximum absolute atomic E-state index is 12.7. The third-order valence-electron chi connectivity index (χ3n) is 5.06. The van der Waals surface area contributed by atoms with Gasteiger partial charge >= 0.3 is 0 Å². The molecule has 1 aromatic heterocycles. The number of aryl methyl sites for hydroxylation is 1. The van der Waals surface area contributed by atoms with Crippen LogP contribution in [0.5, 0.6) is 11.5 Å². The van der Waals surface area contributed by atoms with Crippen molar-refractivity contribution in [2.45, 2.75) is 25.9 Å².